The molecule has 1 aliphatic rings. The third-order valence-corrected chi connectivity index (χ3v) is 3.76. The van der Waals surface area contributed by atoms with Crippen LogP contribution < -0.4 is 0 Å². The normalized spacial score (nSPS) is 12.7. The van der Waals surface area contributed by atoms with E-state index in [1.165, 1.54) is 19.3 Å². The van der Waals surface area contributed by atoms with E-state index in [-0.39, 0.29) is 6.10 Å². The Kier molecular flexibility index (Phi) is 26.3. The lowest BCUT2D eigenvalue weighted by Gasteiger charge is -2.23. The molecule has 6 heteroatoms. The van der Waals surface area contributed by atoms with Gasteiger partial charge in [0.15, 0.2) is 0 Å². The van der Waals surface area contributed by atoms with Gasteiger partial charge in [-0.15, -0.1) is 0 Å². The van der Waals surface area contributed by atoms with Gasteiger partial charge in [0.2, 0.25) is 0 Å². The highest BCUT2D eigenvalue weighted by Crippen LogP contribution is 2.21. The van der Waals surface area contributed by atoms with E-state index in [0.717, 1.165) is 38.5 Å². The largest absolute Gasteiger partial charge is 0.508 e. The lowest BCUT2D eigenvalue weighted by molar-refractivity contribution is -0.0209. The summed E-state index contributed by atoms with van der Waals surface area (Å²) in [4.78, 5) is 21.9. The van der Waals surface area contributed by atoms with Crippen LogP contribution in [0.4, 0.5) is 9.59 Å². The highest BCUT2D eigenvalue weighted by molar-refractivity contribution is 5.60. The number of rotatable bonds is 8. The molecule has 0 saturated heterocycles. The van der Waals surface area contributed by atoms with E-state index >= 15 is 0 Å². The molecule has 1 rings (SSSR count). The molecule has 0 aliphatic heterocycles. The van der Waals surface area contributed by atoms with Crippen LogP contribution in [-0.2, 0) is 18.9 Å². The molecule has 0 aromatic carbocycles. The van der Waals surface area contributed by atoms with Gasteiger partial charge in [-0.05, 0) is 59.3 Å². The molecule has 1 aliphatic carbocycles. The van der Waals surface area contributed by atoms with Crippen molar-refractivity contribution < 1.29 is 28.5 Å². The van der Waals surface area contributed by atoms with E-state index in [4.69, 9.17) is 14.2 Å². The number of hydrogen-bond donors (Lipinski definition) is 0. The third-order valence-electron chi connectivity index (χ3n) is 3.76. The third kappa shape index (κ3) is 24.6. The Bertz CT molecular complexity index is 376. The van der Waals surface area contributed by atoms with E-state index in [1.807, 2.05) is 27.7 Å². The summed E-state index contributed by atoms with van der Waals surface area (Å²) in [5.41, 5.74) is -0.405. The van der Waals surface area contributed by atoms with Crippen molar-refractivity contribution in [3.8, 4) is 0 Å². The maximum absolute atomic E-state index is 11.2. The van der Waals surface area contributed by atoms with Crippen molar-refractivity contribution in [3.63, 3.8) is 0 Å². The molecule has 0 amide bonds. The van der Waals surface area contributed by atoms with E-state index in [9.17, 15) is 9.59 Å². The molecule has 0 spiro atoms. The number of hydrogen-bond acceptors (Lipinski definition) is 6. The van der Waals surface area contributed by atoms with E-state index in [2.05, 4.69) is 32.4 Å². The molecule has 0 radical (unpaired) electrons. The smallest absolute Gasteiger partial charge is 0.435 e. The van der Waals surface area contributed by atoms with Gasteiger partial charge >= 0.3 is 12.3 Å². The molecule has 0 bridgehead atoms. The number of ether oxygens (including phenoxy) is 4. The fourth-order valence-electron chi connectivity index (χ4n) is 2.50. The maximum atomic E-state index is 11.2. The van der Waals surface area contributed by atoms with Crippen LogP contribution in [0.1, 0.15) is 120 Å². The Morgan fingerprint density at radius 3 is 1.83 bits per heavy atom. The second kappa shape index (κ2) is 23.8. The van der Waals surface area contributed by atoms with Gasteiger partial charge in [-0.1, -0.05) is 60.8 Å². The molecule has 1 fully saturated rings. The van der Waals surface area contributed by atoms with Crippen LogP contribution in [0.25, 0.3) is 0 Å². The first kappa shape index (κ1) is 33.2. The molecule has 1 saturated carbocycles. The summed E-state index contributed by atoms with van der Waals surface area (Å²) in [7, 11) is 0. The summed E-state index contributed by atoms with van der Waals surface area (Å²) >= 11 is 0. The zero-order valence-electron chi connectivity index (χ0n) is 21.3. The molecular weight excluding hydrogens is 384 g/mol. The SMILES string of the molecule is CC.CCC.CCCCOC(=O)OC(C)(C)CCC.CCOC(=O)OC1CCCC1. The minimum Gasteiger partial charge on any atom is -0.435 e. The Morgan fingerprint density at radius 2 is 1.40 bits per heavy atom. The molecule has 0 heterocycles. The van der Waals surface area contributed by atoms with Crippen molar-refractivity contribution >= 4 is 12.3 Å². The van der Waals surface area contributed by atoms with Crippen molar-refractivity contribution in [2.45, 2.75) is 132 Å². The number of carbonyl (C=O) groups excluding carboxylic acids is 2. The van der Waals surface area contributed by atoms with Crippen LogP contribution in [0.3, 0.4) is 0 Å². The van der Waals surface area contributed by atoms with Crippen LogP contribution in [0.15, 0.2) is 0 Å². The predicted molar refractivity (Wildman–Crippen MR) is 124 cm³/mol. The topological polar surface area (TPSA) is 71.1 Å². The Labute approximate surface area is 186 Å². The molecule has 6 nitrogen and oxygen atoms in total. The van der Waals surface area contributed by atoms with Gasteiger partial charge in [-0.25, -0.2) is 9.59 Å². The summed E-state index contributed by atoms with van der Waals surface area (Å²) < 4.78 is 19.7. The summed E-state index contributed by atoms with van der Waals surface area (Å²) in [5.74, 6) is 0. The maximum Gasteiger partial charge on any atom is 0.508 e. The second-order valence-corrected chi connectivity index (χ2v) is 7.48. The van der Waals surface area contributed by atoms with E-state index in [1.54, 1.807) is 6.92 Å². The predicted octanol–water partition coefficient (Wildman–Crippen LogP) is 8.06. The van der Waals surface area contributed by atoms with Gasteiger partial charge in [-0.2, -0.15) is 0 Å². The molecule has 0 atom stereocenters. The van der Waals surface area contributed by atoms with E-state index in [0.29, 0.717) is 13.2 Å². The van der Waals surface area contributed by atoms with Crippen LogP contribution in [-0.4, -0.2) is 37.2 Å². The van der Waals surface area contributed by atoms with Crippen molar-refractivity contribution in [2.75, 3.05) is 13.2 Å². The Balaban J connectivity index is -0.000000405. The van der Waals surface area contributed by atoms with Gasteiger partial charge in [0.05, 0.1) is 13.2 Å². The van der Waals surface area contributed by atoms with Gasteiger partial charge in [0.25, 0.3) is 0 Å². The van der Waals surface area contributed by atoms with Crippen LogP contribution in [0, 0.1) is 0 Å². The van der Waals surface area contributed by atoms with E-state index < -0.39 is 17.9 Å². The minimum absolute atomic E-state index is 0.119. The van der Waals surface area contributed by atoms with Gasteiger partial charge < -0.3 is 18.9 Å². The monoisotopic (exact) mass is 434 g/mol. The Morgan fingerprint density at radius 1 is 0.867 bits per heavy atom. The molecule has 30 heavy (non-hydrogen) atoms. The number of carbonyl (C=O) groups is 2. The van der Waals surface area contributed by atoms with Gasteiger partial charge in [0, 0.05) is 0 Å². The second-order valence-electron chi connectivity index (χ2n) is 7.48. The first-order chi connectivity index (χ1) is 14.3. The highest BCUT2D eigenvalue weighted by Gasteiger charge is 2.22. The zero-order chi connectivity index (χ0) is 23.8. The Hall–Kier alpha value is -1.46. The quantitative estimate of drug-likeness (QED) is 0.284. The molecule has 182 valence electrons. The summed E-state index contributed by atoms with van der Waals surface area (Å²) in [6.07, 6.45) is 8.41. The first-order valence-corrected chi connectivity index (χ1v) is 11.9. The molecule has 0 N–H and O–H groups in total. The fourth-order valence-corrected chi connectivity index (χ4v) is 2.50. The highest BCUT2D eigenvalue weighted by atomic mass is 16.7. The molecular formula is C24H50O6. The van der Waals surface area contributed by atoms with Crippen molar-refractivity contribution in [3.05, 3.63) is 0 Å². The van der Waals surface area contributed by atoms with Gasteiger partial charge in [-0.3, -0.25) is 0 Å². The molecule has 0 aromatic rings. The van der Waals surface area contributed by atoms with Gasteiger partial charge in [0.1, 0.15) is 11.7 Å². The van der Waals surface area contributed by atoms with Crippen LogP contribution in [0.2, 0.25) is 0 Å². The standard InChI is InChI=1S/C11H22O3.C8H14O3.C3H8.C2H6/c1-5-7-9-13-10(12)14-11(3,4)8-6-2;1-2-10-8(9)11-7-5-3-4-6-7;1-3-2;1-2/h5-9H2,1-4H3;7H,2-6H2,1H3;3H2,1-2H3;1-2H3. The van der Waals surface area contributed by atoms with Crippen molar-refractivity contribution in [2.24, 2.45) is 0 Å². The van der Waals surface area contributed by atoms with Crippen LogP contribution in [0.5, 0.6) is 0 Å². The molecule has 0 unspecified atom stereocenters. The van der Waals surface area contributed by atoms with Crippen molar-refractivity contribution in [1.82, 2.24) is 0 Å². The lowest BCUT2D eigenvalue weighted by atomic mass is 10.0. The summed E-state index contributed by atoms with van der Waals surface area (Å²) in [6, 6.07) is 0. The average molecular weight is 435 g/mol. The summed E-state index contributed by atoms with van der Waals surface area (Å²) in [5, 5.41) is 0. The average Bonchev–Trinajstić information content (AvgIpc) is 3.17. The first-order valence-electron chi connectivity index (χ1n) is 11.9. The van der Waals surface area contributed by atoms with Crippen molar-refractivity contribution in [1.29, 1.82) is 0 Å². The fraction of sp³-hybridized carbons (Fsp3) is 0.917. The van der Waals surface area contributed by atoms with Crippen LogP contribution >= 0.6 is 0 Å². The minimum atomic E-state index is -0.545. The molecule has 0 aromatic heterocycles. The number of unbranched alkanes of at least 4 members (excludes halogenated alkanes) is 1. The zero-order valence-corrected chi connectivity index (χ0v) is 21.3. The lowest BCUT2D eigenvalue weighted by Crippen LogP contribution is -2.28. The summed E-state index contributed by atoms with van der Waals surface area (Å²) in [6.45, 7) is 18.8.